The third-order valence-electron chi connectivity index (χ3n) is 4.55. The fraction of sp³-hybridized carbons (Fsp3) is 0.444. The number of rotatable bonds is 7. The summed E-state index contributed by atoms with van der Waals surface area (Å²) in [5.74, 6) is 0. The van der Waals surface area contributed by atoms with E-state index in [9.17, 15) is 9.90 Å². The molecule has 0 fully saturated rings. The minimum atomic E-state index is -1.28. The van der Waals surface area contributed by atoms with E-state index in [4.69, 9.17) is 9.47 Å². The van der Waals surface area contributed by atoms with Crippen molar-refractivity contribution >= 4 is 21.6 Å². The van der Waals surface area contributed by atoms with Crippen LogP contribution in [0.2, 0.25) is 0 Å². The first kappa shape index (κ1) is 18.8. The lowest BCUT2D eigenvalue weighted by molar-refractivity contribution is 0.0122. The summed E-state index contributed by atoms with van der Waals surface area (Å²) in [5.41, 5.74) is 0.825. The molecule has 0 bridgehead atoms. The Labute approximate surface area is 155 Å². The molecule has 2 atom stereocenters. The number of thiazole rings is 1. The van der Waals surface area contributed by atoms with Gasteiger partial charge >= 0.3 is 4.87 Å². The van der Waals surface area contributed by atoms with Gasteiger partial charge in [0.2, 0.25) is 0 Å². The van der Waals surface area contributed by atoms with Crippen LogP contribution in [0.4, 0.5) is 0 Å². The highest BCUT2D eigenvalue weighted by Gasteiger charge is 2.31. The zero-order valence-corrected chi connectivity index (χ0v) is 16.1. The molecule has 0 saturated heterocycles. The van der Waals surface area contributed by atoms with Gasteiger partial charge in [-0.2, -0.15) is 5.10 Å². The van der Waals surface area contributed by atoms with Crippen LogP contribution in [-0.4, -0.2) is 33.7 Å². The van der Waals surface area contributed by atoms with Gasteiger partial charge in [-0.3, -0.25) is 9.36 Å². The zero-order valence-electron chi connectivity index (χ0n) is 15.3. The third kappa shape index (κ3) is 3.09. The van der Waals surface area contributed by atoms with Gasteiger partial charge in [0.05, 0.1) is 15.9 Å². The third-order valence-corrected chi connectivity index (χ3v) is 5.49. The molecule has 8 heteroatoms. The molecule has 0 saturated carbocycles. The molecule has 2 aromatic heterocycles. The van der Waals surface area contributed by atoms with Crippen molar-refractivity contribution in [2.45, 2.75) is 38.8 Å². The Morgan fingerprint density at radius 3 is 2.77 bits per heavy atom. The number of nitrogens with zero attached hydrogens (tertiary/aromatic N) is 3. The van der Waals surface area contributed by atoms with Crippen LogP contribution in [0.3, 0.4) is 0 Å². The van der Waals surface area contributed by atoms with Gasteiger partial charge < -0.3 is 14.6 Å². The van der Waals surface area contributed by atoms with E-state index in [0.717, 1.165) is 28.0 Å². The smallest absolute Gasteiger partial charge is 0.310 e. The molecule has 0 spiro atoms. The van der Waals surface area contributed by atoms with Crippen LogP contribution in [0.25, 0.3) is 10.2 Å². The quantitative estimate of drug-likeness (QED) is 0.685. The summed E-state index contributed by atoms with van der Waals surface area (Å²) in [7, 11) is 3.17. The first-order chi connectivity index (χ1) is 12.4. The first-order valence-corrected chi connectivity index (χ1v) is 9.17. The molecule has 3 rings (SSSR count). The van der Waals surface area contributed by atoms with E-state index in [1.807, 2.05) is 25.1 Å². The van der Waals surface area contributed by atoms with Crippen LogP contribution in [0.1, 0.15) is 37.8 Å². The molecule has 0 aliphatic rings. The van der Waals surface area contributed by atoms with Gasteiger partial charge in [-0.25, -0.2) is 4.68 Å². The summed E-state index contributed by atoms with van der Waals surface area (Å²) < 4.78 is 14.6. The number of hydrogen-bond donors (Lipinski definition) is 1. The van der Waals surface area contributed by atoms with E-state index in [1.165, 1.54) is 0 Å². The number of aliphatic hydroxyl groups is 1. The molecular weight excluding hydrogens is 354 g/mol. The Morgan fingerprint density at radius 2 is 2.12 bits per heavy atom. The average Bonchev–Trinajstić information content (AvgIpc) is 3.22. The van der Waals surface area contributed by atoms with E-state index in [0.29, 0.717) is 11.3 Å². The van der Waals surface area contributed by atoms with Crippen LogP contribution in [0.5, 0.6) is 0 Å². The van der Waals surface area contributed by atoms with Crippen molar-refractivity contribution in [1.29, 1.82) is 0 Å². The summed E-state index contributed by atoms with van der Waals surface area (Å²) in [4.78, 5) is 12.1. The Balaban J connectivity index is 2.08. The van der Waals surface area contributed by atoms with Crippen molar-refractivity contribution in [2.75, 3.05) is 14.2 Å². The van der Waals surface area contributed by atoms with Crippen LogP contribution in [-0.2, 0) is 21.8 Å². The van der Waals surface area contributed by atoms with Gasteiger partial charge in [0.25, 0.3) is 0 Å². The molecule has 0 radical (unpaired) electrons. The van der Waals surface area contributed by atoms with Crippen molar-refractivity contribution in [3.05, 3.63) is 51.4 Å². The van der Waals surface area contributed by atoms with E-state index in [-0.39, 0.29) is 17.8 Å². The van der Waals surface area contributed by atoms with Gasteiger partial charge in [0.15, 0.2) is 0 Å². The van der Waals surface area contributed by atoms with Gasteiger partial charge in [0.1, 0.15) is 18.6 Å². The van der Waals surface area contributed by atoms with E-state index in [2.05, 4.69) is 5.10 Å². The number of hydrogen-bond acceptors (Lipinski definition) is 6. The SMILES string of the molecule is CCC(OC)n1nccc1C(C)(O)c1ccc2c(c1)sc(=O)n2COC. The maximum Gasteiger partial charge on any atom is 0.310 e. The van der Waals surface area contributed by atoms with Crippen molar-refractivity contribution in [3.63, 3.8) is 0 Å². The van der Waals surface area contributed by atoms with Gasteiger partial charge in [-0.1, -0.05) is 24.3 Å². The largest absolute Gasteiger partial charge is 0.379 e. The number of fused-ring (bicyclic) bond motifs is 1. The Morgan fingerprint density at radius 1 is 1.35 bits per heavy atom. The number of aromatic nitrogens is 3. The number of ether oxygens (including phenoxy) is 2. The van der Waals surface area contributed by atoms with Crippen molar-refractivity contribution in [3.8, 4) is 0 Å². The number of benzene rings is 1. The minimum Gasteiger partial charge on any atom is -0.379 e. The predicted octanol–water partition coefficient (Wildman–Crippen LogP) is 2.67. The molecule has 2 heterocycles. The lowest BCUT2D eigenvalue weighted by atomic mass is 9.92. The Kier molecular flexibility index (Phi) is 5.29. The lowest BCUT2D eigenvalue weighted by Crippen LogP contribution is -2.29. The molecule has 140 valence electrons. The second-order valence-corrected chi connectivity index (χ2v) is 7.22. The molecule has 1 aromatic carbocycles. The van der Waals surface area contributed by atoms with Gasteiger partial charge in [0, 0.05) is 20.4 Å². The molecule has 2 unspecified atom stereocenters. The fourth-order valence-electron chi connectivity index (χ4n) is 3.14. The van der Waals surface area contributed by atoms with Crippen LogP contribution < -0.4 is 4.87 Å². The summed E-state index contributed by atoms with van der Waals surface area (Å²) in [6, 6.07) is 7.29. The highest BCUT2D eigenvalue weighted by Crippen LogP contribution is 2.33. The van der Waals surface area contributed by atoms with Gasteiger partial charge in [-0.05, 0) is 37.1 Å². The topological polar surface area (TPSA) is 78.5 Å². The highest BCUT2D eigenvalue weighted by atomic mass is 32.1. The molecular formula is C18H23N3O4S. The van der Waals surface area contributed by atoms with E-state index in [1.54, 1.807) is 42.7 Å². The molecule has 1 N–H and O–H groups in total. The van der Waals surface area contributed by atoms with Crippen LogP contribution in [0, 0.1) is 0 Å². The second kappa shape index (κ2) is 7.32. The molecule has 3 aromatic rings. The molecule has 0 aliphatic heterocycles. The van der Waals surface area contributed by atoms with Gasteiger partial charge in [-0.15, -0.1) is 0 Å². The summed E-state index contributed by atoms with van der Waals surface area (Å²) >= 11 is 1.13. The van der Waals surface area contributed by atoms with Crippen molar-refractivity contribution < 1.29 is 14.6 Å². The maximum atomic E-state index is 12.1. The average molecular weight is 377 g/mol. The van der Waals surface area contributed by atoms with Crippen molar-refractivity contribution in [1.82, 2.24) is 14.3 Å². The highest BCUT2D eigenvalue weighted by molar-refractivity contribution is 7.16. The van der Waals surface area contributed by atoms with Crippen LogP contribution in [0.15, 0.2) is 35.3 Å². The monoisotopic (exact) mass is 377 g/mol. The number of methoxy groups -OCH3 is 2. The molecule has 0 aliphatic carbocycles. The van der Waals surface area contributed by atoms with E-state index >= 15 is 0 Å². The predicted molar refractivity (Wildman–Crippen MR) is 100 cm³/mol. The van der Waals surface area contributed by atoms with Crippen molar-refractivity contribution in [2.24, 2.45) is 0 Å². The summed E-state index contributed by atoms with van der Waals surface area (Å²) in [5, 5.41) is 15.6. The molecule has 0 amide bonds. The first-order valence-electron chi connectivity index (χ1n) is 8.36. The summed E-state index contributed by atoms with van der Waals surface area (Å²) in [6.45, 7) is 3.92. The lowest BCUT2D eigenvalue weighted by Gasteiger charge is -2.27. The fourth-order valence-corrected chi connectivity index (χ4v) is 4.06. The maximum absolute atomic E-state index is 12.1. The zero-order chi connectivity index (χ0) is 18.9. The standard InChI is InChI=1S/C18H23N3O4S/c1-5-16(25-4)21-15(8-9-19-21)18(2,23)12-6-7-13-14(10-12)26-17(22)20(13)11-24-3/h6-10,16,23H,5,11H2,1-4H3. The van der Waals surface area contributed by atoms with E-state index < -0.39 is 5.60 Å². The Hall–Kier alpha value is -2.00. The molecule has 26 heavy (non-hydrogen) atoms. The minimum absolute atomic E-state index is 0.0888. The second-order valence-electron chi connectivity index (χ2n) is 6.23. The summed E-state index contributed by atoms with van der Waals surface area (Å²) in [6.07, 6.45) is 2.12. The Bertz CT molecular complexity index is 953. The van der Waals surface area contributed by atoms with Crippen LogP contribution >= 0.6 is 11.3 Å². The molecule has 7 nitrogen and oxygen atoms in total. The normalized spacial score (nSPS) is 15.3.